The van der Waals surface area contributed by atoms with Gasteiger partial charge in [-0.3, -0.25) is 0 Å². The SMILES string of the molecule is CCC(C)(NC(=O)NCc1ccccc1)c1ccccc1. The molecule has 0 aromatic heterocycles. The standard InChI is InChI=1S/C18H22N2O/c1-3-18(2,16-12-8-5-9-13-16)20-17(21)19-14-15-10-6-4-7-11-15/h4-13H,3,14H2,1-2H3,(H2,19,20,21). The summed E-state index contributed by atoms with van der Waals surface area (Å²) in [4.78, 5) is 12.1. The second kappa shape index (κ2) is 6.93. The monoisotopic (exact) mass is 282 g/mol. The first-order valence-electron chi connectivity index (χ1n) is 7.29. The van der Waals surface area contributed by atoms with E-state index in [1.165, 1.54) is 0 Å². The fourth-order valence-electron chi connectivity index (χ4n) is 2.24. The van der Waals surface area contributed by atoms with Gasteiger partial charge >= 0.3 is 6.03 Å². The van der Waals surface area contributed by atoms with Gasteiger partial charge in [0, 0.05) is 6.54 Å². The first-order chi connectivity index (χ1) is 10.1. The zero-order valence-corrected chi connectivity index (χ0v) is 12.6. The summed E-state index contributed by atoms with van der Waals surface area (Å²) >= 11 is 0. The third-order valence-corrected chi connectivity index (χ3v) is 3.80. The summed E-state index contributed by atoms with van der Waals surface area (Å²) in [6.45, 7) is 4.65. The molecule has 0 saturated heterocycles. The smallest absolute Gasteiger partial charge is 0.315 e. The third-order valence-electron chi connectivity index (χ3n) is 3.80. The lowest BCUT2D eigenvalue weighted by molar-refractivity contribution is 0.225. The maximum Gasteiger partial charge on any atom is 0.315 e. The molecular weight excluding hydrogens is 260 g/mol. The summed E-state index contributed by atoms with van der Waals surface area (Å²) in [6, 6.07) is 19.8. The number of amides is 2. The predicted molar refractivity (Wildman–Crippen MR) is 85.9 cm³/mol. The molecule has 1 unspecified atom stereocenters. The van der Waals surface area contributed by atoms with Crippen molar-refractivity contribution in [2.45, 2.75) is 32.4 Å². The molecule has 0 aliphatic rings. The molecule has 21 heavy (non-hydrogen) atoms. The van der Waals surface area contributed by atoms with Crippen molar-refractivity contribution in [1.29, 1.82) is 0 Å². The molecule has 2 amide bonds. The first kappa shape index (κ1) is 15.1. The Morgan fingerprint density at radius 3 is 2.14 bits per heavy atom. The minimum atomic E-state index is -0.359. The van der Waals surface area contributed by atoms with Crippen LogP contribution in [0.1, 0.15) is 31.4 Å². The fraction of sp³-hybridized carbons (Fsp3) is 0.278. The van der Waals surface area contributed by atoms with E-state index in [1.54, 1.807) is 0 Å². The Morgan fingerprint density at radius 2 is 1.57 bits per heavy atom. The lowest BCUT2D eigenvalue weighted by atomic mass is 9.89. The molecule has 0 bridgehead atoms. The minimum absolute atomic E-state index is 0.146. The molecule has 3 heteroatoms. The third kappa shape index (κ3) is 4.09. The van der Waals surface area contributed by atoms with E-state index in [-0.39, 0.29) is 11.6 Å². The van der Waals surface area contributed by atoms with Crippen LogP contribution < -0.4 is 10.6 Å². The van der Waals surface area contributed by atoms with Gasteiger partial charge in [-0.15, -0.1) is 0 Å². The summed E-state index contributed by atoms with van der Waals surface area (Å²) in [5, 5.41) is 5.99. The molecule has 0 aliphatic heterocycles. The van der Waals surface area contributed by atoms with Crippen molar-refractivity contribution in [3.63, 3.8) is 0 Å². The molecule has 1 atom stereocenters. The van der Waals surface area contributed by atoms with Crippen LogP contribution in [-0.4, -0.2) is 6.03 Å². The molecular formula is C18H22N2O. The van der Waals surface area contributed by atoms with E-state index in [1.807, 2.05) is 67.6 Å². The lowest BCUT2D eigenvalue weighted by Crippen LogP contribution is -2.47. The van der Waals surface area contributed by atoms with E-state index in [4.69, 9.17) is 0 Å². The molecule has 2 rings (SSSR count). The number of nitrogens with one attached hydrogen (secondary N) is 2. The van der Waals surface area contributed by atoms with E-state index >= 15 is 0 Å². The van der Waals surface area contributed by atoms with Crippen LogP contribution in [0.25, 0.3) is 0 Å². The Bertz CT molecular complexity index is 568. The van der Waals surface area contributed by atoms with Gasteiger partial charge in [-0.25, -0.2) is 4.79 Å². The largest absolute Gasteiger partial charge is 0.334 e. The van der Waals surface area contributed by atoms with Crippen LogP contribution >= 0.6 is 0 Å². The highest BCUT2D eigenvalue weighted by molar-refractivity contribution is 5.75. The maximum atomic E-state index is 12.1. The number of rotatable bonds is 5. The van der Waals surface area contributed by atoms with Crippen LogP contribution in [0.4, 0.5) is 4.79 Å². The highest BCUT2D eigenvalue weighted by atomic mass is 16.2. The Labute approximate surface area is 126 Å². The van der Waals surface area contributed by atoms with E-state index in [9.17, 15) is 4.79 Å². The average Bonchev–Trinajstić information content (AvgIpc) is 2.54. The van der Waals surface area contributed by atoms with Crippen LogP contribution in [-0.2, 0) is 12.1 Å². The van der Waals surface area contributed by atoms with Crippen molar-refractivity contribution < 1.29 is 4.79 Å². The summed E-state index contributed by atoms with van der Waals surface area (Å²) in [5.74, 6) is 0. The van der Waals surface area contributed by atoms with Crippen molar-refractivity contribution >= 4 is 6.03 Å². The molecule has 2 N–H and O–H groups in total. The molecule has 0 radical (unpaired) electrons. The molecule has 2 aromatic carbocycles. The van der Waals surface area contributed by atoms with Crippen LogP contribution in [0, 0.1) is 0 Å². The van der Waals surface area contributed by atoms with E-state index < -0.39 is 0 Å². The van der Waals surface area contributed by atoms with Crippen LogP contribution in [0.2, 0.25) is 0 Å². The van der Waals surface area contributed by atoms with Gasteiger partial charge in [0.15, 0.2) is 0 Å². The maximum absolute atomic E-state index is 12.1. The fourth-order valence-corrected chi connectivity index (χ4v) is 2.24. The normalized spacial score (nSPS) is 13.2. The molecule has 0 aliphatic carbocycles. The Balaban J connectivity index is 1.97. The summed E-state index contributed by atoms with van der Waals surface area (Å²) in [6.07, 6.45) is 0.829. The molecule has 110 valence electrons. The van der Waals surface area contributed by atoms with Crippen molar-refractivity contribution in [3.8, 4) is 0 Å². The summed E-state index contributed by atoms with van der Waals surface area (Å²) in [5.41, 5.74) is 1.84. The van der Waals surface area contributed by atoms with Crippen LogP contribution in [0.5, 0.6) is 0 Å². The van der Waals surface area contributed by atoms with Gasteiger partial charge in [0.1, 0.15) is 0 Å². The Morgan fingerprint density at radius 1 is 1.00 bits per heavy atom. The molecule has 0 spiro atoms. The van der Waals surface area contributed by atoms with Gasteiger partial charge in [-0.1, -0.05) is 67.6 Å². The van der Waals surface area contributed by atoms with Crippen molar-refractivity contribution in [1.82, 2.24) is 10.6 Å². The second-order valence-electron chi connectivity index (χ2n) is 5.34. The number of hydrogen-bond acceptors (Lipinski definition) is 1. The van der Waals surface area contributed by atoms with E-state index in [0.717, 1.165) is 17.5 Å². The number of carbonyl (C=O) groups excluding carboxylic acids is 1. The van der Waals surface area contributed by atoms with Gasteiger partial charge < -0.3 is 10.6 Å². The van der Waals surface area contributed by atoms with Crippen molar-refractivity contribution in [2.24, 2.45) is 0 Å². The van der Waals surface area contributed by atoms with Crippen molar-refractivity contribution in [3.05, 3.63) is 71.8 Å². The summed E-state index contributed by atoms with van der Waals surface area (Å²) in [7, 11) is 0. The molecule has 0 heterocycles. The Hall–Kier alpha value is -2.29. The molecule has 2 aromatic rings. The van der Waals surface area contributed by atoms with Gasteiger partial charge in [-0.2, -0.15) is 0 Å². The Kier molecular flexibility index (Phi) is 4.99. The second-order valence-corrected chi connectivity index (χ2v) is 5.34. The van der Waals surface area contributed by atoms with Crippen molar-refractivity contribution in [2.75, 3.05) is 0 Å². The highest BCUT2D eigenvalue weighted by Gasteiger charge is 2.26. The van der Waals surface area contributed by atoms with Gasteiger partial charge in [0.05, 0.1) is 5.54 Å². The summed E-state index contributed by atoms with van der Waals surface area (Å²) < 4.78 is 0. The zero-order valence-electron chi connectivity index (χ0n) is 12.6. The van der Waals surface area contributed by atoms with Gasteiger partial charge in [0.2, 0.25) is 0 Å². The quantitative estimate of drug-likeness (QED) is 0.860. The minimum Gasteiger partial charge on any atom is -0.334 e. The van der Waals surface area contributed by atoms with Gasteiger partial charge in [-0.05, 0) is 24.5 Å². The molecule has 3 nitrogen and oxygen atoms in total. The predicted octanol–water partition coefficient (Wildman–Crippen LogP) is 3.81. The molecule has 0 saturated carbocycles. The first-order valence-corrected chi connectivity index (χ1v) is 7.29. The topological polar surface area (TPSA) is 41.1 Å². The molecule has 0 fully saturated rings. The van der Waals surface area contributed by atoms with E-state index in [2.05, 4.69) is 17.6 Å². The zero-order chi connectivity index (χ0) is 15.1. The number of urea groups is 1. The average molecular weight is 282 g/mol. The van der Waals surface area contributed by atoms with Crippen LogP contribution in [0.3, 0.4) is 0 Å². The number of hydrogen-bond donors (Lipinski definition) is 2. The van der Waals surface area contributed by atoms with Gasteiger partial charge in [0.25, 0.3) is 0 Å². The highest BCUT2D eigenvalue weighted by Crippen LogP contribution is 2.23. The van der Waals surface area contributed by atoms with E-state index in [0.29, 0.717) is 6.54 Å². The van der Waals surface area contributed by atoms with Crippen LogP contribution in [0.15, 0.2) is 60.7 Å². The lowest BCUT2D eigenvalue weighted by Gasteiger charge is -2.30. The number of benzene rings is 2. The number of carbonyl (C=O) groups is 1.